The molecule has 2 rings (SSSR count). The standard InChI is InChI=1S/C21H21F2N3O5S/c1-3-30-21(29)16-8-9-18(32-16)26-20(28)13(10-12(2)24)19(27)25-14-6-4-5-7-15(14)31-11-17(22)23/h4-10,17,24H,3,11H2,1-2H3,(H,25,27)(H,26,28)/b13-10+,24-12?. The second kappa shape index (κ2) is 11.7. The molecule has 0 unspecified atom stereocenters. The monoisotopic (exact) mass is 465 g/mol. The van der Waals surface area contributed by atoms with Gasteiger partial charge < -0.3 is 25.5 Å². The van der Waals surface area contributed by atoms with Crippen LogP contribution in [0.1, 0.15) is 23.5 Å². The molecular formula is C21H21F2N3O5S. The van der Waals surface area contributed by atoms with Crippen molar-refractivity contribution in [3.05, 3.63) is 52.9 Å². The molecule has 32 heavy (non-hydrogen) atoms. The molecule has 3 N–H and O–H groups in total. The van der Waals surface area contributed by atoms with Gasteiger partial charge in [-0.3, -0.25) is 9.59 Å². The highest BCUT2D eigenvalue weighted by molar-refractivity contribution is 7.18. The molecule has 0 aliphatic carbocycles. The van der Waals surface area contributed by atoms with Gasteiger partial charge in [0.1, 0.15) is 22.8 Å². The highest BCUT2D eigenvalue weighted by Gasteiger charge is 2.21. The van der Waals surface area contributed by atoms with E-state index >= 15 is 0 Å². The van der Waals surface area contributed by atoms with E-state index in [1.54, 1.807) is 19.1 Å². The lowest BCUT2D eigenvalue weighted by Gasteiger charge is -2.13. The number of alkyl halides is 2. The van der Waals surface area contributed by atoms with Crippen molar-refractivity contribution in [2.75, 3.05) is 23.8 Å². The van der Waals surface area contributed by atoms with E-state index in [2.05, 4.69) is 10.6 Å². The van der Waals surface area contributed by atoms with E-state index in [0.29, 0.717) is 5.00 Å². The normalized spacial score (nSPS) is 11.1. The van der Waals surface area contributed by atoms with Crippen molar-refractivity contribution in [3.8, 4) is 5.75 Å². The number of esters is 1. The maximum absolute atomic E-state index is 12.8. The number of rotatable bonds is 10. The van der Waals surface area contributed by atoms with Gasteiger partial charge in [-0.2, -0.15) is 0 Å². The van der Waals surface area contributed by atoms with E-state index in [1.165, 1.54) is 31.2 Å². The molecule has 11 heteroatoms. The number of nitrogens with one attached hydrogen (secondary N) is 3. The fourth-order valence-corrected chi connectivity index (χ4v) is 3.18. The SMILES string of the molecule is CCOC(=O)c1ccc(NC(=O)/C(=C/C(C)=N)C(=O)Nc2ccccc2OCC(F)F)s1. The number of hydrogen-bond acceptors (Lipinski definition) is 7. The van der Waals surface area contributed by atoms with Crippen LogP contribution in [0.3, 0.4) is 0 Å². The summed E-state index contributed by atoms with van der Waals surface area (Å²) in [7, 11) is 0. The number of allylic oxidation sites excluding steroid dienone is 1. The molecule has 0 bridgehead atoms. The number of hydrogen-bond donors (Lipinski definition) is 3. The van der Waals surface area contributed by atoms with Crippen molar-refractivity contribution < 1.29 is 32.6 Å². The molecule has 1 aromatic heterocycles. The minimum Gasteiger partial charge on any atom is -0.485 e. The summed E-state index contributed by atoms with van der Waals surface area (Å²) in [5.41, 5.74) is -0.377. The third-order valence-corrected chi connectivity index (χ3v) is 4.65. The molecule has 0 aliphatic heterocycles. The number of carbonyl (C=O) groups excluding carboxylic acids is 3. The van der Waals surface area contributed by atoms with Gasteiger partial charge in [-0.1, -0.05) is 12.1 Å². The zero-order valence-corrected chi connectivity index (χ0v) is 18.1. The van der Waals surface area contributed by atoms with E-state index in [9.17, 15) is 23.2 Å². The van der Waals surface area contributed by atoms with Crippen LogP contribution in [0.25, 0.3) is 0 Å². The Morgan fingerprint density at radius 2 is 1.81 bits per heavy atom. The second-order valence-corrected chi connectivity index (χ2v) is 7.32. The maximum atomic E-state index is 12.8. The molecule has 2 amide bonds. The number of halogens is 2. The van der Waals surface area contributed by atoms with Crippen molar-refractivity contribution in [1.82, 2.24) is 0 Å². The second-order valence-electron chi connectivity index (χ2n) is 6.23. The van der Waals surface area contributed by atoms with E-state index in [0.717, 1.165) is 17.4 Å². The third-order valence-electron chi connectivity index (χ3n) is 3.67. The van der Waals surface area contributed by atoms with Gasteiger partial charge in [0, 0.05) is 5.71 Å². The summed E-state index contributed by atoms with van der Waals surface area (Å²) in [6.45, 7) is 2.38. The predicted molar refractivity (Wildman–Crippen MR) is 117 cm³/mol. The molecule has 0 radical (unpaired) electrons. The Bertz CT molecular complexity index is 1040. The first kappa shape index (κ1) is 24.7. The first-order chi connectivity index (χ1) is 15.2. The Kier molecular flexibility index (Phi) is 9.02. The van der Waals surface area contributed by atoms with Crippen LogP contribution in [-0.4, -0.2) is 43.1 Å². The van der Waals surface area contributed by atoms with Gasteiger partial charge in [-0.15, -0.1) is 11.3 Å². The Morgan fingerprint density at radius 3 is 2.47 bits per heavy atom. The molecule has 0 fully saturated rings. The molecule has 1 aromatic carbocycles. The van der Waals surface area contributed by atoms with Gasteiger partial charge in [0.2, 0.25) is 0 Å². The molecule has 0 saturated carbocycles. The smallest absolute Gasteiger partial charge is 0.348 e. The van der Waals surface area contributed by atoms with Crippen LogP contribution in [0.5, 0.6) is 5.75 Å². The van der Waals surface area contributed by atoms with E-state index in [4.69, 9.17) is 14.9 Å². The molecule has 2 aromatic rings. The van der Waals surface area contributed by atoms with Crippen molar-refractivity contribution in [1.29, 1.82) is 5.41 Å². The first-order valence-electron chi connectivity index (χ1n) is 9.37. The van der Waals surface area contributed by atoms with Gasteiger partial charge >= 0.3 is 5.97 Å². The van der Waals surface area contributed by atoms with Crippen molar-refractivity contribution in [2.24, 2.45) is 0 Å². The average molecular weight is 465 g/mol. The summed E-state index contributed by atoms with van der Waals surface area (Å²) in [5.74, 6) is -2.23. The number of anilines is 2. The van der Waals surface area contributed by atoms with Gasteiger partial charge in [-0.25, -0.2) is 13.6 Å². The van der Waals surface area contributed by atoms with Gasteiger partial charge in [-0.05, 0) is 44.2 Å². The minimum atomic E-state index is -2.70. The summed E-state index contributed by atoms with van der Waals surface area (Å²) in [6.07, 6.45) is -1.64. The summed E-state index contributed by atoms with van der Waals surface area (Å²) in [4.78, 5) is 37.5. The summed E-state index contributed by atoms with van der Waals surface area (Å²) in [6, 6.07) is 8.87. The number of carbonyl (C=O) groups is 3. The largest absolute Gasteiger partial charge is 0.485 e. The topological polar surface area (TPSA) is 118 Å². The lowest BCUT2D eigenvalue weighted by molar-refractivity contribution is -0.118. The molecule has 0 aliphatic rings. The van der Waals surface area contributed by atoms with Crippen LogP contribution in [0.4, 0.5) is 19.5 Å². The minimum absolute atomic E-state index is 0.00446. The number of thiophene rings is 1. The van der Waals surface area contributed by atoms with Crippen LogP contribution in [0.2, 0.25) is 0 Å². The molecule has 0 atom stereocenters. The fourth-order valence-electron chi connectivity index (χ4n) is 2.39. The third kappa shape index (κ3) is 7.27. The van der Waals surface area contributed by atoms with Crippen LogP contribution in [-0.2, 0) is 14.3 Å². The Labute approximate surface area is 186 Å². The average Bonchev–Trinajstić information content (AvgIpc) is 3.19. The summed E-state index contributed by atoms with van der Waals surface area (Å²) < 4.78 is 34.8. The maximum Gasteiger partial charge on any atom is 0.348 e. The van der Waals surface area contributed by atoms with Crippen LogP contribution >= 0.6 is 11.3 Å². The highest BCUT2D eigenvalue weighted by atomic mass is 32.1. The van der Waals surface area contributed by atoms with Crippen molar-refractivity contribution in [2.45, 2.75) is 20.3 Å². The number of ether oxygens (including phenoxy) is 2. The molecule has 0 saturated heterocycles. The lowest BCUT2D eigenvalue weighted by Crippen LogP contribution is -2.26. The van der Waals surface area contributed by atoms with E-state index in [-0.39, 0.29) is 28.6 Å². The summed E-state index contributed by atoms with van der Waals surface area (Å²) >= 11 is 0.963. The number of benzene rings is 1. The predicted octanol–water partition coefficient (Wildman–Crippen LogP) is 4.11. The Balaban J connectivity index is 2.18. The lowest BCUT2D eigenvalue weighted by atomic mass is 10.1. The first-order valence-corrected chi connectivity index (χ1v) is 10.2. The molecule has 0 spiro atoms. The molecule has 1 heterocycles. The molecule has 170 valence electrons. The van der Waals surface area contributed by atoms with Crippen LogP contribution in [0, 0.1) is 5.41 Å². The molecular weight excluding hydrogens is 444 g/mol. The number of para-hydroxylation sites is 2. The zero-order valence-electron chi connectivity index (χ0n) is 17.2. The van der Waals surface area contributed by atoms with Crippen molar-refractivity contribution >= 4 is 45.5 Å². The number of amides is 2. The zero-order chi connectivity index (χ0) is 23.7. The van der Waals surface area contributed by atoms with Gasteiger partial charge in [0.15, 0.2) is 0 Å². The van der Waals surface area contributed by atoms with E-state index in [1.807, 2.05) is 0 Å². The Morgan fingerprint density at radius 1 is 1.12 bits per heavy atom. The van der Waals surface area contributed by atoms with E-state index < -0.39 is 36.4 Å². The molecule has 8 nitrogen and oxygen atoms in total. The Hall–Kier alpha value is -3.60. The quantitative estimate of drug-likeness (QED) is 0.160. The van der Waals surface area contributed by atoms with Crippen LogP contribution in [0.15, 0.2) is 48.0 Å². The van der Waals surface area contributed by atoms with Gasteiger partial charge in [0.25, 0.3) is 18.2 Å². The van der Waals surface area contributed by atoms with Crippen LogP contribution < -0.4 is 15.4 Å². The van der Waals surface area contributed by atoms with Crippen molar-refractivity contribution in [3.63, 3.8) is 0 Å². The summed E-state index contributed by atoms with van der Waals surface area (Å²) in [5, 5.41) is 12.9. The van der Waals surface area contributed by atoms with Gasteiger partial charge in [0.05, 0.1) is 17.3 Å². The fraction of sp³-hybridized carbons (Fsp3) is 0.238. The highest BCUT2D eigenvalue weighted by Crippen LogP contribution is 2.26.